The van der Waals surface area contributed by atoms with Gasteiger partial charge in [-0.1, -0.05) is 63.7 Å². The van der Waals surface area contributed by atoms with Gasteiger partial charge in [0.25, 0.3) is 0 Å². The van der Waals surface area contributed by atoms with E-state index in [4.69, 9.17) is 9.47 Å². The van der Waals surface area contributed by atoms with Crippen LogP contribution in [0.3, 0.4) is 0 Å². The zero-order valence-electron chi connectivity index (χ0n) is 15.4. The number of hydrogen-bond acceptors (Lipinski definition) is 4. The number of alkyl halides is 4. The van der Waals surface area contributed by atoms with Gasteiger partial charge in [-0.15, -0.1) is 0 Å². The second-order valence-corrected chi connectivity index (χ2v) is 15.1. The topological polar surface area (TPSA) is 52.6 Å². The van der Waals surface area contributed by atoms with E-state index < -0.39 is 9.84 Å². The summed E-state index contributed by atoms with van der Waals surface area (Å²) in [4.78, 5) is 0.0862. The molecule has 0 saturated heterocycles. The van der Waals surface area contributed by atoms with Crippen LogP contribution in [0.1, 0.15) is 0 Å². The minimum Gasteiger partial charge on any atom is -0.490 e. The first-order chi connectivity index (χ1) is 14.5. The van der Waals surface area contributed by atoms with E-state index in [2.05, 4.69) is 127 Å². The summed E-state index contributed by atoms with van der Waals surface area (Å²) in [5, 5.41) is 1.30. The Morgan fingerprint density at radius 3 is 1.39 bits per heavy atom. The average Bonchev–Trinajstić information content (AvgIpc) is 2.74. The maximum Gasteiger partial charge on any atom is 0.213 e. The molecule has 0 saturated carbocycles. The van der Waals surface area contributed by atoms with Crippen molar-refractivity contribution >= 4 is 137 Å². The monoisotopic (exact) mass is 957 g/mol. The zero-order valence-corrected chi connectivity index (χ0v) is 28.9. The molecule has 0 bridgehead atoms. The van der Waals surface area contributed by atoms with Gasteiger partial charge in [-0.25, -0.2) is 8.42 Å². The van der Waals surface area contributed by atoms with Gasteiger partial charge < -0.3 is 9.47 Å². The Morgan fingerprint density at radius 1 is 0.710 bits per heavy atom. The predicted octanol–water partition coefficient (Wildman–Crippen LogP) is 8.64. The van der Waals surface area contributed by atoms with Crippen LogP contribution >= 0.6 is 127 Å². The lowest BCUT2D eigenvalue weighted by molar-refractivity contribution is 0.312. The fourth-order valence-electron chi connectivity index (χ4n) is 2.28. The fourth-order valence-corrected chi connectivity index (χ4v) is 6.26. The minimum absolute atomic E-state index is 0.00905. The van der Waals surface area contributed by atoms with Crippen molar-refractivity contribution < 1.29 is 17.9 Å². The summed E-state index contributed by atoms with van der Waals surface area (Å²) < 4.78 is 41.7. The van der Waals surface area contributed by atoms with Crippen LogP contribution < -0.4 is 9.47 Å². The minimum atomic E-state index is -3.99. The van der Waals surface area contributed by atoms with Gasteiger partial charge in [0.1, 0.15) is 23.0 Å². The molecule has 0 aliphatic rings. The third-order valence-electron chi connectivity index (χ3n) is 3.76. The summed E-state index contributed by atoms with van der Waals surface area (Å²) in [5.41, 5.74) is 0. The lowest BCUT2D eigenvalue weighted by atomic mass is 10.3. The molecule has 31 heavy (non-hydrogen) atoms. The van der Waals surface area contributed by atoms with Crippen LogP contribution in [0.5, 0.6) is 11.5 Å². The summed E-state index contributed by atoms with van der Waals surface area (Å²) in [6.45, 7) is 0.541. The normalized spacial score (nSPS) is 13.7. The molecule has 0 aromatic heterocycles. The van der Waals surface area contributed by atoms with Crippen molar-refractivity contribution in [3.05, 3.63) is 42.2 Å². The number of halogens is 8. The Balaban J connectivity index is 2.62. The van der Waals surface area contributed by atoms with Crippen LogP contribution in [-0.2, 0) is 9.84 Å². The maximum absolute atomic E-state index is 13.8. The highest BCUT2D eigenvalue weighted by Crippen LogP contribution is 2.45. The Morgan fingerprint density at radius 2 is 1.06 bits per heavy atom. The molecule has 2 unspecified atom stereocenters. The number of rotatable bonds is 10. The molecule has 2 rings (SSSR count). The quantitative estimate of drug-likeness (QED) is 0.224. The molecule has 0 aliphatic carbocycles. The van der Waals surface area contributed by atoms with Crippen LogP contribution in [-0.4, -0.2) is 41.9 Å². The largest absolute Gasteiger partial charge is 0.490 e. The van der Waals surface area contributed by atoms with Crippen LogP contribution in [0.2, 0.25) is 0 Å². The van der Waals surface area contributed by atoms with Crippen molar-refractivity contribution in [2.24, 2.45) is 0 Å². The molecular formula is C18H14Br8O4S. The van der Waals surface area contributed by atoms with E-state index in [1.165, 1.54) is 12.1 Å². The zero-order chi connectivity index (χ0) is 23.3. The van der Waals surface area contributed by atoms with E-state index in [1.807, 2.05) is 0 Å². The van der Waals surface area contributed by atoms with E-state index in [1.54, 1.807) is 12.1 Å². The van der Waals surface area contributed by atoms with Gasteiger partial charge in [0, 0.05) is 19.6 Å². The lowest BCUT2D eigenvalue weighted by Crippen LogP contribution is -2.16. The number of ether oxygens (including phenoxy) is 2. The average molecular weight is 966 g/mol. The number of hydrogen-bond donors (Lipinski definition) is 0. The first-order valence-corrected chi connectivity index (χ1v) is 17.1. The van der Waals surface area contributed by atoms with Gasteiger partial charge in [-0.3, -0.25) is 0 Å². The van der Waals surface area contributed by atoms with E-state index in [-0.39, 0.29) is 44.2 Å². The highest BCUT2D eigenvalue weighted by molar-refractivity contribution is 9.13. The molecule has 0 aliphatic heterocycles. The Bertz CT molecular complexity index is 956. The van der Waals surface area contributed by atoms with E-state index in [0.717, 1.165) is 0 Å². The third kappa shape index (κ3) is 7.41. The summed E-state index contributed by atoms with van der Waals surface area (Å²) in [7, 11) is -3.99. The van der Waals surface area contributed by atoms with Gasteiger partial charge in [0.15, 0.2) is 11.5 Å². The molecule has 2 aromatic carbocycles. The second-order valence-electron chi connectivity index (χ2n) is 6.01. The van der Waals surface area contributed by atoms with Crippen molar-refractivity contribution in [2.75, 3.05) is 23.9 Å². The first-order valence-electron chi connectivity index (χ1n) is 8.41. The summed E-state index contributed by atoms with van der Waals surface area (Å²) in [5.74, 6) is 0.451. The van der Waals surface area contributed by atoms with Gasteiger partial charge in [-0.2, -0.15) is 0 Å². The molecule has 4 nitrogen and oxygen atoms in total. The third-order valence-corrected chi connectivity index (χ3v) is 14.0. The van der Waals surface area contributed by atoms with Crippen molar-refractivity contribution in [1.29, 1.82) is 0 Å². The van der Waals surface area contributed by atoms with Gasteiger partial charge in [0.05, 0.1) is 18.6 Å². The van der Waals surface area contributed by atoms with E-state index >= 15 is 0 Å². The molecule has 0 N–H and O–H groups in total. The number of sulfone groups is 1. The summed E-state index contributed by atoms with van der Waals surface area (Å²) >= 11 is 27.4. The van der Waals surface area contributed by atoms with Crippen molar-refractivity contribution in [1.82, 2.24) is 0 Å². The van der Waals surface area contributed by atoms with Crippen molar-refractivity contribution in [2.45, 2.75) is 19.4 Å². The molecule has 172 valence electrons. The van der Waals surface area contributed by atoms with Crippen LogP contribution in [0.4, 0.5) is 0 Å². The molecule has 0 fully saturated rings. The van der Waals surface area contributed by atoms with Crippen molar-refractivity contribution in [3.8, 4) is 11.5 Å². The molecule has 0 spiro atoms. The highest BCUT2D eigenvalue weighted by Gasteiger charge is 2.30. The summed E-state index contributed by atoms with van der Waals surface area (Å²) in [6, 6.07) is 6.35. The van der Waals surface area contributed by atoms with E-state index in [9.17, 15) is 8.42 Å². The predicted molar refractivity (Wildman–Crippen MR) is 153 cm³/mol. The lowest BCUT2D eigenvalue weighted by Gasteiger charge is -2.19. The van der Waals surface area contributed by atoms with Gasteiger partial charge in [-0.05, 0) is 88.0 Å². The second kappa shape index (κ2) is 13.2. The number of benzene rings is 2. The fraction of sp³-hybridized carbons (Fsp3) is 0.333. The van der Waals surface area contributed by atoms with E-state index in [0.29, 0.717) is 28.6 Å². The van der Waals surface area contributed by atoms with Crippen LogP contribution in [0.25, 0.3) is 0 Å². The molecular weight excluding hydrogens is 951 g/mol. The van der Waals surface area contributed by atoms with Gasteiger partial charge >= 0.3 is 0 Å². The smallest absolute Gasteiger partial charge is 0.213 e. The Hall–Kier alpha value is 1.83. The molecule has 0 heterocycles. The molecule has 13 heteroatoms. The van der Waals surface area contributed by atoms with Crippen molar-refractivity contribution in [3.63, 3.8) is 0 Å². The van der Waals surface area contributed by atoms with Crippen LogP contribution in [0, 0.1) is 0 Å². The SMILES string of the molecule is O=S(=O)(c1ccc(Br)c(Br)c1OCC(Br)CBr)c1ccc(Br)c(Br)c1OCC(Br)CBr. The summed E-state index contributed by atoms with van der Waals surface area (Å²) in [6.07, 6.45) is 0. The van der Waals surface area contributed by atoms with Crippen LogP contribution in [0.15, 0.2) is 51.9 Å². The molecule has 0 amide bonds. The Labute approximate surface area is 248 Å². The van der Waals surface area contributed by atoms with Gasteiger partial charge in [0.2, 0.25) is 9.84 Å². The Kier molecular flexibility index (Phi) is 12.4. The highest BCUT2D eigenvalue weighted by atomic mass is 79.9. The standard InChI is InChI=1S/C18H14Br8O4S/c19-5-9(21)7-29-17-13(3-1-11(23)15(17)25)31(27,28)14-4-2-12(24)16(26)18(14)30-8-10(22)6-20/h1-4,9-10H,5-8H2. The molecule has 2 atom stereocenters. The molecule has 0 radical (unpaired) electrons. The molecule has 2 aromatic rings. The maximum atomic E-state index is 13.8. The first kappa shape index (κ1) is 29.1.